The van der Waals surface area contributed by atoms with E-state index in [1.54, 1.807) is 12.0 Å². The number of rotatable bonds is 6. The third-order valence-corrected chi connectivity index (χ3v) is 4.64. The van der Waals surface area contributed by atoms with Crippen LogP contribution < -0.4 is 4.74 Å². The van der Waals surface area contributed by atoms with Gasteiger partial charge < -0.3 is 20.1 Å². The molecule has 1 saturated carbocycles. The van der Waals surface area contributed by atoms with Crippen LogP contribution in [0.25, 0.3) is 0 Å². The van der Waals surface area contributed by atoms with Crippen molar-refractivity contribution in [2.75, 3.05) is 27.4 Å². The van der Waals surface area contributed by atoms with Crippen molar-refractivity contribution in [1.29, 1.82) is 0 Å². The number of ether oxygens (including phenoxy) is 1. The molecule has 5 nitrogen and oxygen atoms in total. The Bertz CT molecular complexity index is 464. The summed E-state index contributed by atoms with van der Waals surface area (Å²) in [6.45, 7) is 0.470. The molecule has 0 radical (unpaired) electrons. The van der Waals surface area contributed by atoms with Crippen LogP contribution in [0.2, 0.25) is 0 Å². The molecule has 124 valence electrons. The van der Waals surface area contributed by atoms with E-state index in [1.165, 1.54) is 0 Å². The molecule has 2 rings (SSSR count). The molecule has 1 fully saturated rings. The van der Waals surface area contributed by atoms with Gasteiger partial charge in [0.25, 0.3) is 0 Å². The number of hydrogen-bond donors (Lipinski definition) is 3. The van der Waals surface area contributed by atoms with Crippen LogP contribution in [0.1, 0.15) is 37.2 Å². The fraction of sp³-hybridized carbons (Fsp3) is 0.647. The predicted octanol–water partition coefficient (Wildman–Crippen LogP) is 1.33. The lowest BCUT2D eigenvalue weighted by molar-refractivity contribution is -0.0715. The van der Waals surface area contributed by atoms with Gasteiger partial charge in [0.2, 0.25) is 0 Å². The maximum Gasteiger partial charge on any atom is 0.118 e. The van der Waals surface area contributed by atoms with Crippen molar-refractivity contribution in [1.82, 2.24) is 4.90 Å². The lowest BCUT2D eigenvalue weighted by Gasteiger charge is -2.42. The van der Waals surface area contributed by atoms with Gasteiger partial charge >= 0.3 is 0 Å². The van der Waals surface area contributed by atoms with Gasteiger partial charge in [-0.25, -0.2) is 0 Å². The van der Waals surface area contributed by atoms with Gasteiger partial charge in [0.15, 0.2) is 0 Å². The fourth-order valence-electron chi connectivity index (χ4n) is 3.36. The van der Waals surface area contributed by atoms with Crippen LogP contribution in [0.15, 0.2) is 24.3 Å². The summed E-state index contributed by atoms with van der Waals surface area (Å²) in [6, 6.07) is 7.66. The molecule has 1 aromatic rings. The molecule has 5 heteroatoms. The lowest BCUT2D eigenvalue weighted by Crippen LogP contribution is -2.46. The zero-order valence-corrected chi connectivity index (χ0v) is 13.4. The summed E-state index contributed by atoms with van der Waals surface area (Å²) in [4.78, 5) is 1.77. The Labute approximate surface area is 132 Å². The number of benzene rings is 1. The van der Waals surface area contributed by atoms with Crippen molar-refractivity contribution in [3.8, 4) is 5.75 Å². The molecule has 3 N–H and O–H groups in total. The van der Waals surface area contributed by atoms with E-state index >= 15 is 0 Å². The van der Waals surface area contributed by atoms with E-state index in [-0.39, 0.29) is 12.6 Å². The summed E-state index contributed by atoms with van der Waals surface area (Å²) in [5.41, 5.74) is 0.0491. The van der Waals surface area contributed by atoms with E-state index in [0.717, 1.165) is 24.2 Å². The highest BCUT2D eigenvalue weighted by atomic mass is 16.5. The van der Waals surface area contributed by atoms with Gasteiger partial charge in [-0.3, -0.25) is 4.90 Å². The largest absolute Gasteiger partial charge is 0.497 e. The average Bonchev–Trinajstić information content (AvgIpc) is 2.52. The third-order valence-electron chi connectivity index (χ3n) is 4.64. The minimum absolute atomic E-state index is 0.0642. The highest BCUT2D eigenvalue weighted by molar-refractivity contribution is 5.31. The highest BCUT2D eigenvalue weighted by Crippen LogP contribution is 2.40. The van der Waals surface area contributed by atoms with Crippen molar-refractivity contribution in [2.24, 2.45) is 0 Å². The van der Waals surface area contributed by atoms with Crippen LogP contribution in [0.5, 0.6) is 5.75 Å². The van der Waals surface area contributed by atoms with Crippen molar-refractivity contribution >= 4 is 0 Å². The number of nitrogens with zero attached hydrogens (tertiary/aromatic N) is 1. The molecule has 1 aromatic carbocycles. The van der Waals surface area contributed by atoms with Gasteiger partial charge in [-0.05, 0) is 44.0 Å². The molecule has 1 aliphatic carbocycles. The molecule has 0 aromatic heterocycles. The van der Waals surface area contributed by atoms with Gasteiger partial charge in [0.05, 0.1) is 25.5 Å². The first kappa shape index (κ1) is 17.2. The zero-order chi connectivity index (χ0) is 16.2. The summed E-state index contributed by atoms with van der Waals surface area (Å²) in [6.07, 6.45) is 2.14. The lowest BCUT2D eigenvalue weighted by atomic mass is 9.71. The number of aliphatic hydroxyl groups is 3. The minimum Gasteiger partial charge on any atom is -0.497 e. The Morgan fingerprint density at radius 1 is 1.36 bits per heavy atom. The van der Waals surface area contributed by atoms with Crippen molar-refractivity contribution < 1.29 is 20.1 Å². The molecule has 1 aliphatic rings. The number of likely N-dealkylation sites (N-methyl/N-ethyl adjacent to an activating group) is 1. The second kappa shape index (κ2) is 7.42. The second-order valence-corrected chi connectivity index (χ2v) is 6.36. The predicted molar refractivity (Wildman–Crippen MR) is 84.9 cm³/mol. The van der Waals surface area contributed by atoms with Crippen molar-refractivity contribution in [2.45, 2.75) is 43.3 Å². The van der Waals surface area contributed by atoms with Gasteiger partial charge in [0, 0.05) is 18.9 Å². The Hall–Kier alpha value is -1.14. The summed E-state index contributed by atoms with van der Waals surface area (Å²) in [5.74, 6) is 0.610. The van der Waals surface area contributed by atoms with Gasteiger partial charge in [-0.15, -0.1) is 0 Å². The Morgan fingerprint density at radius 3 is 2.59 bits per heavy atom. The first-order chi connectivity index (χ1) is 10.5. The van der Waals surface area contributed by atoms with E-state index in [1.807, 2.05) is 31.3 Å². The molecule has 0 amide bonds. The van der Waals surface area contributed by atoms with Crippen LogP contribution in [0, 0.1) is 0 Å². The SMILES string of the molecule is COc1ccc(C(CN(C)CO)C2(O)CCCC(O)C2)cc1. The molecule has 0 saturated heterocycles. The Kier molecular flexibility index (Phi) is 5.81. The van der Waals surface area contributed by atoms with E-state index < -0.39 is 11.7 Å². The molecule has 3 unspecified atom stereocenters. The third kappa shape index (κ3) is 3.98. The van der Waals surface area contributed by atoms with Crippen LogP contribution in [0.3, 0.4) is 0 Å². The molecule has 22 heavy (non-hydrogen) atoms. The highest BCUT2D eigenvalue weighted by Gasteiger charge is 2.41. The van der Waals surface area contributed by atoms with Crippen LogP contribution in [-0.4, -0.2) is 59.4 Å². The Balaban J connectivity index is 2.28. The fourth-order valence-corrected chi connectivity index (χ4v) is 3.36. The summed E-state index contributed by atoms with van der Waals surface area (Å²) in [5, 5.41) is 30.4. The molecule has 0 bridgehead atoms. The van der Waals surface area contributed by atoms with Gasteiger partial charge in [-0.2, -0.15) is 0 Å². The molecule has 3 atom stereocenters. The molecule has 0 spiro atoms. The van der Waals surface area contributed by atoms with Crippen molar-refractivity contribution in [3.05, 3.63) is 29.8 Å². The maximum absolute atomic E-state index is 11.1. The van der Waals surface area contributed by atoms with Crippen molar-refractivity contribution in [3.63, 3.8) is 0 Å². The number of aliphatic hydroxyl groups excluding tert-OH is 2. The average molecular weight is 309 g/mol. The number of hydrogen-bond acceptors (Lipinski definition) is 5. The maximum atomic E-state index is 11.1. The van der Waals surface area contributed by atoms with Crippen LogP contribution in [-0.2, 0) is 0 Å². The second-order valence-electron chi connectivity index (χ2n) is 6.36. The monoisotopic (exact) mass is 309 g/mol. The smallest absolute Gasteiger partial charge is 0.118 e. The zero-order valence-electron chi connectivity index (χ0n) is 13.4. The first-order valence-electron chi connectivity index (χ1n) is 7.82. The summed E-state index contributed by atoms with van der Waals surface area (Å²) < 4.78 is 5.19. The topological polar surface area (TPSA) is 73.2 Å². The standard InChI is InChI=1S/C17H27NO4/c1-18(12-19)11-16(13-5-7-15(22-2)8-6-13)17(21)9-3-4-14(20)10-17/h5-8,14,16,19-21H,3-4,9-12H2,1-2H3. The van der Waals surface area contributed by atoms with E-state index in [9.17, 15) is 15.3 Å². The van der Waals surface area contributed by atoms with E-state index in [2.05, 4.69) is 0 Å². The van der Waals surface area contributed by atoms with Gasteiger partial charge in [-0.1, -0.05) is 12.1 Å². The molecule has 0 aliphatic heterocycles. The molecule has 0 heterocycles. The quantitative estimate of drug-likeness (QED) is 0.691. The summed E-state index contributed by atoms with van der Waals surface area (Å²) in [7, 11) is 3.44. The minimum atomic E-state index is -0.949. The molecular formula is C17H27NO4. The number of methoxy groups -OCH3 is 1. The first-order valence-corrected chi connectivity index (χ1v) is 7.82. The normalized spacial score (nSPS) is 26.9. The van der Waals surface area contributed by atoms with E-state index in [0.29, 0.717) is 19.4 Å². The molecular weight excluding hydrogens is 282 g/mol. The summed E-state index contributed by atoms with van der Waals surface area (Å²) >= 11 is 0. The van der Waals surface area contributed by atoms with Gasteiger partial charge in [0.1, 0.15) is 5.75 Å². The van der Waals surface area contributed by atoms with E-state index in [4.69, 9.17) is 4.74 Å². The van der Waals surface area contributed by atoms with Crippen LogP contribution >= 0.6 is 0 Å². The Morgan fingerprint density at radius 2 is 2.05 bits per heavy atom. The van der Waals surface area contributed by atoms with Crippen LogP contribution in [0.4, 0.5) is 0 Å².